The van der Waals surface area contributed by atoms with E-state index in [1.165, 1.54) is 24.5 Å². The van der Waals surface area contributed by atoms with Crippen molar-refractivity contribution in [3.63, 3.8) is 0 Å². The van der Waals surface area contributed by atoms with Crippen molar-refractivity contribution in [1.29, 1.82) is 0 Å². The van der Waals surface area contributed by atoms with Gasteiger partial charge in [-0.15, -0.1) is 11.3 Å². The molecule has 1 aliphatic carbocycles. The number of halogens is 1. The number of sulfonamides is 1. The minimum absolute atomic E-state index is 0.0116. The number of benzene rings is 1. The lowest BCUT2D eigenvalue weighted by atomic mass is 10.1. The first-order valence-corrected chi connectivity index (χ1v) is 12.3. The number of aromatic nitrogens is 3. The molecule has 0 aliphatic heterocycles. The molecule has 0 radical (unpaired) electrons. The van der Waals surface area contributed by atoms with E-state index in [1.54, 1.807) is 11.4 Å². The molecule has 32 heavy (non-hydrogen) atoms. The molecular formula is C20H20FN5O4S2. The Bertz CT molecular complexity index is 1240. The third-order valence-electron chi connectivity index (χ3n) is 4.53. The van der Waals surface area contributed by atoms with Crippen LogP contribution in [0.25, 0.3) is 11.3 Å². The fraction of sp³-hybridized carbons (Fsp3) is 0.300. The molecule has 1 saturated carbocycles. The second-order valence-corrected chi connectivity index (χ2v) is 9.90. The highest BCUT2D eigenvalue weighted by molar-refractivity contribution is 7.93. The van der Waals surface area contributed by atoms with E-state index in [-0.39, 0.29) is 22.5 Å². The third-order valence-corrected chi connectivity index (χ3v) is 7.29. The monoisotopic (exact) mass is 477 g/mol. The van der Waals surface area contributed by atoms with Crippen LogP contribution in [0.1, 0.15) is 25.5 Å². The Kier molecular flexibility index (Phi) is 6.33. The van der Waals surface area contributed by atoms with Crippen LogP contribution >= 0.6 is 11.3 Å². The highest BCUT2D eigenvalue weighted by atomic mass is 32.2. The third kappa shape index (κ3) is 5.37. The topological polar surface area (TPSA) is 123 Å². The molecule has 1 amide bonds. The minimum atomic E-state index is -3.41. The number of ether oxygens (including phenoxy) is 1. The first-order valence-electron chi connectivity index (χ1n) is 9.84. The molecule has 0 bridgehead atoms. The Hall–Kier alpha value is -3.12. The fourth-order valence-electron chi connectivity index (χ4n) is 2.86. The summed E-state index contributed by atoms with van der Waals surface area (Å²) < 4.78 is 46.3. The average Bonchev–Trinajstić information content (AvgIpc) is 3.53. The van der Waals surface area contributed by atoms with Gasteiger partial charge in [0.1, 0.15) is 5.82 Å². The van der Waals surface area contributed by atoms with Crippen molar-refractivity contribution in [2.24, 2.45) is 0 Å². The Morgan fingerprint density at radius 1 is 1.28 bits per heavy atom. The van der Waals surface area contributed by atoms with Crippen LogP contribution in [0.15, 0.2) is 36.0 Å². The fourth-order valence-corrected chi connectivity index (χ4v) is 5.16. The molecule has 2 N–H and O–H groups in total. The van der Waals surface area contributed by atoms with Crippen LogP contribution in [-0.4, -0.2) is 41.1 Å². The van der Waals surface area contributed by atoms with Crippen LogP contribution in [0.5, 0.6) is 5.88 Å². The predicted molar refractivity (Wildman–Crippen MR) is 119 cm³/mol. The number of nitrogens with one attached hydrogen (secondary N) is 2. The molecule has 168 valence electrons. The number of rotatable bonds is 9. The van der Waals surface area contributed by atoms with Crippen molar-refractivity contribution >= 4 is 38.1 Å². The molecule has 1 aromatic carbocycles. The van der Waals surface area contributed by atoms with Gasteiger partial charge < -0.3 is 10.1 Å². The molecule has 0 unspecified atom stereocenters. The number of carbonyl (C=O) groups excluding carboxylic acids is 1. The molecule has 2 aromatic heterocycles. The van der Waals surface area contributed by atoms with Crippen LogP contribution in [0, 0.1) is 5.82 Å². The van der Waals surface area contributed by atoms with Gasteiger partial charge in [0.2, 0.25) is 21.8 Å². The molecule has 1 aliphatic rings. The smallest absolute Gasteiger partial charge is 0.237 e. The normalized spacial score (nSPS) is 13.6. The maximum absolute atomic E-state index is 14.6. The Labute approximate surface area is 188 Å². The summed E-state index contributed by atoms with van der Waals surface area (Å²) in [7, 11) is -3.41. The van der Waals surface area contributed by atoms with Gasteiger partial charge in [-0.2, -0.15) is 0 Å². The maximum atomic E-state index is 14.6. The van der Waals surface area contributed by atoms with E-state index in [2.05, 4.69) is 25.0 Å². The van der Waals surface area contributed by atoms with Crippen LogP contribution in [0.3, 0.4) is 0 Å². The zero-order chi connectivity index (χ0) is 22.7. The van der Waals surface area contributed by atoms with Gasteiger partial charge in [-0.25, -0.2) is 22.8 Å². The summed E-state index contributed by atoms with van der Waals surface area (Å²) in [5.74, 6) is -0.767. The van der Waals surface area contributed by atoms with Crippen LogP contribution in [-0.2, 0) is 21.2 Å². The van der Waals surface area contributed by atoms with Gasteiger partial charge in [-0.1, -0.05) is 6.07 Å². The van der Waals surface area contributed by atoms with E-state index in [9.17, 15) is 17.6 Å². The second-order valence-electron chi connectivity index (χ2n) is 7.09. The standard InChI is InChI=1S/C20H20FN5O4S2/c1-2-30-19-10-22-9-17(25-19)12-3-6-16(15(21)7-12)24-18(27)8-13-11-31-20(23-13)26-32(28,29)14-4-5-14/h3,6-7,9-11,14H,2,4-5,8H2,1H3,(H,23,26)(H,24,27). The van der Waals surface area contributed by atoms with Gasteiger partial charge in [0.25, 0.3) is 0 Å². The van der Waals surface area contributed by atoms with Crippen molar-refractivity contribution in [3.8, 4) is 17.1 Å². The summed E-state index contributed by atoms with van der Waals surface area (Å²) in [6, 6.07) is 4.31. The first-order chi connectivity index (χ1) is 15.3. The van der Waals surface area contributed by atoms with Gasteiger partial charge in [0, 0.05) is 10.9 Å². The highest BCUT2D eigenvalue weighted by Crippen LogP contribution is 2.30. The lowest BCUT2D eigenvalue weighted by molar-refractivity contribution is -0.115. The summed E-state index contributed by atoms with van der Waals surface area (Å²) in [5.41, 5.74) is 1.33. The summed E-state index contributed by atoms with van der Waals surface area (Å²) >= 11 is 1.10. The Morgan fingerprint density at radius 3 is 2.81 bits per heavy atom. The number of amides is 1. The molecule has 9 nitrogen and oxygen atoms in total. The molecule has 0 spiro atoms. The zero-order valence-electron chi connectivity index (χ0n) is 17.0. The first kappa shape index (κ1) is 22.1. The number of hydrogen-bond acceptors (Lipinski definition) is 8. The Balaban J connectivity index is 1.39. The maximum Gasteiger partial charge on any atom is 0.237 e. The molecule has 0 saturated heterocycles. The van der Waals surface area contributed by atoms with Crippen molar-refractivity contribution in [1.82, 2.24) is 15.0 Å². The highest BCUT2D eigenvalue weighted by Gasteiger charge is 2.36. The van der Waals surface area contributed by atoms with Crippen molar-refractivity contribution in [2.45, 2.75) is 31.4 Å². The SMILES string of the molecule is CCOc1cncc(-c2ccc(NC(=O)Cc3csc(NS(=O)(=O)C4CC4)n3)c(F)c2)n1. The van der Waals surface area contributed by atoms with E-state index in [0.717, 1.165) is 11.3 Å². The molecule has 4 rings (SSSR count). The zero-order valence-corrected chi connectivity index (χ0v) is 18.7. The lowest BCUT2D eigenvalue weighted by Gasteiger charge is -2.08. The van der Waals surface area contributed by atoms with Crippen LogP contribution in [0.4, 0.5) is 15.2 Å². The number of hydrogen-bond donors (Lipinski definition) is 2. The van der Waals surface area contributed by atoms with Gasteiger partial charge in [-0.05, 0) is 31.9 Å². The number of thiazole rings is 1. The second kappa shape index (κ2) is 9.17. The molecule has 2 heterocycles. The number of anilines is 2. The number of carbonyl (C=O) groups is 1. The van der Waals surface area contributed by atoms with E-state index < -0.39 is 21.7 Å². The number of nitrogens with zero attached hydrogens (tertiary/aromatic N) is 3. The molecule has 3 aromatic rings. The van der Waals surface area contributed by atoms with E-state index in [0.29, 0.717) is 42.3 Å². The van der Waals surface area contributed by atoms with Crippen molar-refractivity contribution in [3.05, 3.63) is 47.5 Å². The van der Waals surface area contributed by atoms with E-state index in [4.69, 9.17) is 4.74 Å². The molecule has 0 atom stereocenters. The summed E-state index contributed by atoms with van der Waals surface area (Å²) in [6.07, 6.45) is 4.13. The van der Waals surface area contributed by atoms with Crippen molar-refractivity contribution in [2.75, 3.05) is 16.6 Å². The predicted octanol–water partition coefficient (Wildman–Crippen LogP) is 3.22. The lowest BCUT2D eigenvalue weighted by Crippen LogP contribution is -2.18. The average molecular weight is 478 g/mol. The van der Waals surface area contributed by atoms with Gasteiger partial charge in [0.15, 0.2) is 5.13 Å². The van der Waals surface area contributed by atoms with Crippen molar-refractivity contribution < 1.29 is 22.3 Å². The van der Waals surface area contributed by atoms with E-state index in [1.807, 2.05) is 6.92 Å². The minimum Gasteiger partial charge on any atom is -0.477 e. The van der Waals surface area contributed by atoms with E-state index >= 15 is 0 Å². The largest absolute Gasteiger partial charge is 0.477 e. The van der Waals surface area contributed by atoms with Crippen LogP contribution in [0.2, 0.25) is 0 Å². The summed E-state index contributed by atoms with van der Waals surface area (Å²) in [5, 5.41) is 3.95. The Morgan fingerprint density at radius 2 is 2.09 bits per heavy atom. The summed E-state index contributed by atoms with van der Waals surface area (Å²) in [4.78, 5) is 24.8. The quantitative estimate of drug-likeness (QED) is 0.485. The molecular weight excluding hydrogens is 457 g/mol. The molecule has 12 heteroatoms. The van der Waals surface area contributed by atoms with Gasteiger partial charge >= 0.3 is 0 Å². The van der Waals surface area contributed by atoms with Crippen LogP contribution < -0.4 is 14.8 Å². The summed E-state index contributed by atoms with van der Waals surface area (Å²) in [6.45, 7) is 2.26. The van der Waals surface area contributed by atoms with Gasteiger partial charge in [0.05, 0.1) is 47.7 Å². The van der Waals surface area contributed by atoms with Gasteiger partial charge in [-0.3, -0.25) is 14.5 Å². The molecule has 1 fully saturated rings.